The van der Waals surface area contributed by atoms with Crippen LogP contribution in [0.1, 0.15) is 23.6 Å². The van der Waals surface area contributed by atoms with E-state index in [0.717, 1.165) is 17.7 Å². The Bertz CT molecular complexity index is 871. The molecule has 0 bridgehead atoms. The molecule has 2 aromatic rings. The van der Waals surface area contributed by atoms with Crippen LogP contribution in [0.5, 0.6) is 5.88 Å². The highest BCUT2D eigenvalue weighted by molar-refractivity contribution is 8.13. The van der Waals surface area contributed by atoms with Crippen molar-refractivity contribution >= 4 is 16.9 Å². The molecule has 0 spiro atoms. The van der Waals surface area contributed by atoms with E-state index in [4.69, 9.17) is 15.5 Å². The Morgan fingerprint density at radius 1 is 1.24 bits per heavy atom. The Labute approximate surface area is 150 Å². The van der Waals surface area contributed by atoms with Crippen LogP contribution in [-0.4, -0.2) is 23.0 Å². The molecule has 0 radical (unpaired) electrons. The number of halogens is 1. The first-order chi connectivity index (χ1) is 12.0. The lowest BCUT2D eigenvalue weighted by Crippen LogP contribution is -2.54. The predicted octanol–water partition coefficient (Wildman–Crippen LogP) is 3.29. The molecular formula is C19H20FN3OS. The number of methoxy groups -OCH3 is 1. The Balaban J connectivity index is 2.00. The third-order valence-electron chi connectivity index (χ3n) is 5.48. The lowest BCUT2D eigenvalue weighted by molar-refractivity contribution is 0.146. The monoisotopic (exact) mass is 357 g/mol. The zero-order chi connectivity index (χ0) is 17.7. The van der Waals surface area contributed by atoms with Gasteiger partial charge in [-0.25, -0.2) is 9.37 Å². The van der Waals surface area contributed by atoms with E-state index in [2.05, 4.69) is 11.9 Å². The molecule has 2 N–H and O–H groups in total. The molecule has 2 atom stereocenters. The second kappa shape index (κ2) is 5.73. The van der Waals surface area contributed by atoms with Crippen molar-refractivity contribution in [1.29, 1.82) is 0 Å². The lowest BCUT2D eigenvalue weighted by atomic mass is 9.59. The maximum atomic E-state index is 14.8. The van der Waals surface area contributed by atoms with E-state index in [0.29, 0.717) is 23.0 Å². The minimum absolute atomic E-state index is 0.247. The van der Waals surface area contributed by atoms with Crippen LogP contribution in [0.2, 0.25) is 0 Å². The summed E-state index contributed by atoms with van der Waals surface area (Å²) in [6.07, 6.45) is 3.07. The molecule has 1 aliphatic heterocycles. The summed E-state index contributed by atoms with van der Waals surface area (Å²) in [4.78, 5) is 9.18. The van der Waals surface area contributed by atoms with Crippen molar-refractivity contribution in [2.75, 3.05) is 12.9 Å². The zero-order valence-electron chi connectivity index (χ0n) is 14.3. The van der Waals surface area contributed by atoms with E-state index in [1.54, 1.807) is 31.1 Å². The molecule has 4 rings (SSSR count). The molecule has 0 fully saturated rings. The molecule has 6 heteroatoms. The number of benzene rings is 1. The van der Waals surface area contributed by atoms with Gasteiger partial charge in [0.15, 0.2) is 5.17 Å². The molecule has 0 saturated carbocycles. The van der Waals surface area contributed by atoms with Crippen molar-refractivity contribution in [2.24, 2.45) is 16.1 Å². The summed E-state index contributed by atoms with van der Waals surface area (Å²) in [6, 6.07) is 8.91. The molecule has 1 aromatic heterocycles. The van der Waals surface area contributed by atoms with Gasteiger partial charge in [0, 0.05) is 34.9 Å². The van der Waals surface area contributed by atoms with Gasteiger partial charge in [-0.1, -0.05) is 36.9 Å². The van der Waals surface area contributed by atoms with Crippen molar-refractivity contribution in [2.45, 2.75) is 25.3 Å². The average Bonchev–Trinajstić information content (AvgIpc) is 2.60. The third-order valence-corrected chi connectivity index (χ3v) is 6.65. The second-order valence-electron chi connectivity index (χ2n) is 6.95. The zero-order valence-corrected chi connectivity index (χ0v) is 15.1. The number of thioether (sulfide) groups is 1. The number of fused-ring (bicyclic) bond motifs is 2. The molecule has 130 valence electrons. The van der Waals surface area contributed by atoms with Crippen LogP contribution in [0.3, 0.4) is 0 Å². The molecule has 4 nitrogen and oxygen atoms in total. The number of hydrogen-bond acceptors (Lipinski definition) is 5. The van der Waals surface area contributed by atoms with Crippen LogP contribution in [0, 0.1) is 11.2 Å². The van der Waals surface area contributed by atoms with Crippen LogP contribution >= 0.6 is 11.8 Å². The van der Waals surface area contributed by atoms with Gasteiger partial charge in [-0.15, -0.1) is 0 Å². The van der Waals surface area contributed by atoms with Crippen LogP contribution in [0.15, 0.2) is 41.5 Å². The molecule has 1 aliphatic carbocycles. The molecule has 2 heterocycles. The molecule has 0 saturated heterocycles. The Hall–Kier alpha value is -2.08. The molecule has 0 amide bonds. The number of aliphatic imine (C=N–C) groups is 1. The number of pyridine rings is 1. The van der Waals surface area contributed by atoms with Crippen LogP contribution < -0.4 is 10.5 Å². The standard InChI is InChI=1S/C19H20FN3OS/c1-18-9-12-7-8-22-16(24-2)13(12)10-19(18,23-17(21)25-11-18)14-5-3-4-6-15(14)20/h3-8H,9-11H2,1-2H3,(H2,21,23)/t18-,19+/m0/s1. The van der Waals surface area contributed by atoms with Crippen LogP contribution in [0.4, 0.5) is 4.39 Å². The van der Waals surface area contributed by atoms with Gasteiger partial charge in [0.05, 0.1) is 7.11 Å². The first-order valence-corrected chi connectivity index (χ1v) is 9.21. The topological polar surface area (TPSA) is 60.5 Å². The number of ether oxygens (including phenoxy) is 1. The maximum Gasteiger partial charge on any atom is 0.216 e. The highest BCUT2D eigenvalue weighted by Crippen LogP contribution is 2.56. The molecule has 2 aliphatic rings. The van der Waals surface area contributed by atoms with Gasteiger partial charge in [-0.2, -0.15) is 0 Å². The summed E-state index contributed by atoms with van der Waals surface area (Å²) in [6.45, 7) is 2.18. The van der Waals surface area contributed by atoms with E-state index in [9.17, 15) is 4.39 Å². The van der Waals surface area contributed by atoms with Crippen molar-refractivity contribution in [3.8, 4) is 5.88 Å². The smallest absolute Gasteiger partial charge is 0.216 e. The van der Waals surface area contributed by atoms with Gasteiger partial charge < -0.3 is 10.5 Å². The summed E-state index contributed by atoms with van der Waals surface area (Å²) in [5.74, 6) is 1.13. The molecule has 0 unspecified atom stereocenters. The van der Waals surface area contributed by atoms with E-state index >= 15 is 0 Å². The molecule has 1 aromatic carbocycles. The summed E-state index contributed by atoms with van der Waals surface area (Å²) >= 11 is 1.54. The van der Waals surface area contributed by atoms with E-state index < -0.39 is 5.54 Å². The van der Waals surface area contributed by atoms with Gasteiger partial charge in [0.2, 0.25) is 5.88 Å². The number of rotatable bonds is 2. The summed E-state index contributed by atoms with van der Waals surface area (Å²) in [5, 5.41) is 0.507. The number of nitrogens with two attached hydrogens (primary N) is 1. The first-order valence-electron chi connectivity index (χ1n) is 8.23. The largest absolute Gasteiger partial charge is 0.481 e. The van der Waals surface area contributed by atoms with Gasteiger partial charge in [0.1, 0.15) is 11.4 Å². The summed E-state index contributed by atoms with van der Waals surface area (Å²) in [7, 11) is 1.61. The number of hydrogen-bond donors (Lipinski definition) is 1. The van der Waals surface area contributed by atoms with Crippen molar-refractivity contribution in [1.82, 2.24) is 4.98 Å². The first kappa shape index (κ1) is 16.4. The van der Waals surface area contributed by atoms with Gasteiger partial charge in [0.25, 0.3) is 0 Å². The fourth-order valence-electron chi connectivity index (χ4n) is 4.15. The average molecular weight is 357 g/mol. The molecule has 25 heavy (non-hydrogen) atoms. The third kappa shape index (κ3) is 2.34. The number of nitrogens with zero attached hydrogens (tertiary/aromatic N) is 2. The van der Waals surface area contributed by atoms with E-state index in [1.807, 2.05) is 18.2 Å². The van der Waals surface area contributed by atoms with Crippen molar-refractivity contribution in [3.05, 3.63) is 59.0 Å². The van der Waals surface area contributed by atoms with E-state index in [1.165, 1.54) is 11.6 Å². The number of amidine groups is 1. The van der Waals surface area contributed by atoms with Gasteiger partial charge >= 0.3 is 0 Å². The minimum Gasteiger partial charge on any atom is -0.481 e. The highest BCUT2D eigenvalue weighted by atomic mass is 32.2. The highest BCUT2D eigenvalue weighted by Gasteiger charge is 2.56. The van der Waals surface area contributed by atoms with Gasteiger partial charge in [-0.3, -0.25) is 4.99 Å². The lowest BCUT2D eigenvalue weighted by Gasteiger charge is -2.52. The minimum atomic E-state index is -0.753. The molecular weight excluding hydrogens is 337 g/mol. The van der Waals surface area contributed by atoms with Crippen LogP contribution in [0.25, 0.3) is 0 Å². The quantitative estimate of drug-likeness (QED) is 0.896. The predicted molar refractivity (Wildman–Crippen MR) is 98.5 cm³/mol. The fourth-order valence-corrected chi connectivity index (χ4v) is 5.18. The Morgan fingerprint density at radius 3 is 2.80 bits per heavy atom. The van der Waals surface area contributed by atoms with Crippen LogP contribution in [-0.2, 0) is 18.4 Å². The summed E-state index contributed by atoms with van der Waals surface area (Å²) < 4.78 is 20.3. The van der Waals surface area contributed by atoms with Gasteiger partial charge in [-0.05, 0) is 24.1 Å². The van der Waals surface area contributed by atoms with Crippen molar-refractivity contribution in [3.63, 3.8) is 0 Å². The maximum absolute atomic E-state index is 14.8. The normalized spacial score (nSPS) is 27.9. The Kier molecular flexibility index (Phi) is 3.76. The Morgan fingerprint density at radius 2 is 2.04 bits per heavy atom. The van der Waals surface area contributed by atoms with Crippen molar-refractivity contribution < 1.29 is 9.13 Å². The summed E-state index contributed by atoms with van der Waals surface area (Å²) in [5.41, 5.74) is 7.89. The number of aromatic nitrogens is 1. The fraction of sp³-hybridized carbons (Fsp3) is 0.368. The SMILES string of the molecule is COc1nccc2c1C[C@]1(c3ccccc3F)N=C(N)SC[C@]1(C)C2. The second-order valence-corrected chi connectivity index (χ2v) is 7.95. The van der Waals surface area contributed by atoms with E-state index in [-0.39, 0.29) is 11.2 Å².